The Balaban J connectivity index is 1.83. The zero-order valence-corrected chi connectivity index (χ0v) is 19.9. The summed E-state index contributed by atoms with van der Waals surface area (Å²) in [7, 11) is 2.72. The molecule has 1 amide bonds. The lowest BCUT2D eigenvalue weighted by atomic mass is 10.0. The molecule has 2 aromatic rings. The van der Waals surface area contributed by atoms with Crippen LogP contribution in [0.15, 0.2) is 22.2 Å². The van der Waals surface area contributed by atoms with Gasteiger partial charge < -0.3 is 40.3 Å². The molecule has 0 radical (unpaired) electrons. The van der Waals surface area contributed by atoms with E-state index < -0.39 is 47.4 Å². The summed E-state index contributed by atoms with van der Waals surface area (Å²) in [6.45, 7) is -0.185. The average molecular weight is 506 g/mol. The number of hydrogen-bond acceptors (Lipinski definition) is 9. The highest BCUT2D eigenvalue weighted by molar-refractivity contribution is 5.99. The second-order valence-corrected chi connectivity index (χ2v) is 8.76. The zero-order chi connectivity index (χ0) is 26.1. The van der Waals surface area contributed by atoms with Gasteiger partial charge in [-0.25, -0.2) is 9.18 Å². The van der Waals surface area contributed by atoms with Gasteiger partial charge in [-0.15, -0.1) is 0 Å². The molecule has 1 saturated heterocycles. The molecule has 5 N–H and O–H groups in total. The highest BCUT2D eigenvalue weighted by atomic mass is 19.1. The fourth-order valence-corrected chi connectivity index (χ4v) is 4.49. The first-order valence-corrected chi connectivity index (χ1v) is 11.4. The maximum atomic E-state index is 15.6. The number of aromatic carboxylic acids is 1. The van der Waals surface area contributed by atoms with Crippen molar-refractivity contribution in [3.63, 3.8) is 0 Å². The number of rotatable bonds is 8. The molecule has 1 aliphatic carbocycles. The van der Waals surface area contributed by atoms with Crippen LogP contribution in [0, 0.1) is 5.82 Å². The number of halogens is 1. The van der Waals surface area contributed by atoms with Gasteiger partial charge in [0.2, 0.25) is 11.3 Å². The normalized spacial score (nSPS) is 19.9. The summed E-state index contributed by atoms with van der Waals surface area (Å²) in [4.78, 5) is 43.5. The SMILES string of the molecule is CO/N=C1\CCN(c2c(F)cc3c(=O)c(C(=O)O)cn(C4CC4)c3c2OC)CC1NC(=O)[C@@H](N)CO. The molecule has 2 fully saturated rings. The van der Waals surface area contributed by atoms with Crippen molar-refractivity contribution in [2.24, 2.45) is 10.9 Å². The molecule has 0 spiro atoms. The molecule has 1 aromatic carbocycles. The minimum atomic E-state index is -1.39. The molecule has 36 heavy (non-hydrogen) atoms. The number of anilines is 1. The fourth-order valence-electron chi connectivity index (χ4n) is 4.49. The third-order valence-corrected chi connectivity index (χ3v) is 6.39. The van der Waals surface area contributed by atoms with Crippen molar-refractivity contribution in [3.05, 3.63) is 33.9 Å². The lowest BCUT2D eigenvalue weighted by Gasteiger charge is -2.36. The number of aromatic nitrogens is 1. The van der Waals surface area contributed by atoms with E-state index in [2.05, 4.69) is 10.5 Å². The number of benzene rings is 1. The summed E-state index contributed by atoms with van der Waals surface area (Å²) >= 11 is 0. The van der Waals surface area contributed by atoms with Crippen LogP contribution in [0.3, 0.4) is 0 Å². The van der Waals surface area contributed by atoms with E-state index in [-0.39, 0.29) is 29.4 Å². The molecule has 1 aromatic heterocycles. The monoisotopic (exact) mass is 505 g/mol. The van der Waals surface area contributed by atoms with E-state index in [9.17, 15) is 24.6 Å². The molecule has 1 unspecified atom stereocenters. The van der Waals surface area contributed by atoms with Gasteiger partial charge in [0.15, 0.2) is 11.6 Å². The van der Waals surface area contributed by atoms with Gasteiger partial charge >= 0.3 is 5.97 Å². The van der Waals surface area contributed by atoms with Crippen molar-refractivity contribution in [3.8, 4) is 5.75 Å². The van der Waals surface area contributed by atoms with Gasteiger partial charge in [0.05, 0.1) is 36.4 Å². The Kier molecular flexibility index (Phi) is 7.13. The summed E-state index contributed by atoms with van der Waals surface area (Å²) in [5, 5.41) is 25.3. The number of amides is 1. The van der Waals surface area contributed by atoms with Gasteiger partial charge in [-0.2, -0.15) is 0 Å². The first-order chi connectivity index (χ1) is 17.2. The van der Waals surface area contributed by atoms with Crippen LogP contribution in [0.2, 0.25) is 0 Å². The van der Waals surface area contributed by atoms with Crippen LogP contribution < -0.4 is 26.1 Å². The Bertz CT molecular complexity index is 1290. The molecule has 1 aliphatic heterocycles. The Morgan fingerprint density at radius 1 is 1.36 bits per heavy atom. The summed E-state index contributed by atoms with van der Waals surface area (Å²) in [5.74, 6) is -2.68. The number of carboxylic acids is 1. The molecule has 194 valence electrons. The van der Waals surface area contributed by atoms with Gasteiger partial charge in [0, 0.05) is 31.7 Å². The van der Waals surface area contributed by atoms with Crippen molar-refractivity contribution < 1.29 is 33.8 Å². The van der Waals surface area contributed by atoms with Crippen molar-refractivity contribution in [1.82, 2.24) is 9.88 Å². The Morgan fingerprint density at radius 2 is 2.08 bits per heavy atom. The summed E-state index contributed by atoms with van der Waals surface area (Å²) < 4.78 is 22.9. The maximum absolute atomic E-state index is 15.6. The standard InChI is InChI=1S/C23H28FN5O7/c1-35-21-18-12(20(31)13(23(33)34)8-29(18)11-3-4-11)7-14(24)19(21)28-6-5-16(27-36-2)17(9-28)26-22(32)15(25)10-30/h7-8,11,15,17,30H,3-6,9-10,25H2,1-2H3,(H,26,32)(H,33,34)/b27-16+/t15-,17?/m0/s1. The number of aliphatic hydroxyl groups excluding tert-OH is 1. The predicted octanol–water partition coefficient (Wildman–Crippen LogP) is 0.199. The van der Waals surface area contributed by atoms with Gasteiger partial charge in [-0.1, -0.05) is 5.16 Å². The second kappa shape index (κ2) is 10.1. The molecule has 13 heteroatoms. The number of ether oxygens (including phenoxy) is 1. The van der Waals surface area contributed by atoms with Crippen LogP contribution in [0.25, 0.3) is 10.9 Å². The third-order valence-electron chi connectivity index (χ3n) is 6.39. The van der Waals surface area contributed by atoms with E-state index >= 15 is 4.39 Å². The quantitative estimate of drug-likeness (QED) is 0.366. The zero-order valence-electron chi connectivity index (χ0n) is 19.9. The number of nitrogens with zero attached hydrogens (tertiary/aromatic N) is 3. The van der Waals surface area contributed by atoms with Crippen LogP contribution in [-0.2, 0) is 9.63 Å². The molecule has 2 heterocycles. The van der Waals surface area contributed by atoms with E-state index in [0.29, 0.717) is 24.2 Å². The van der Waals surface area contributed by atoms with Crippen molar-refractivity contribution in [1.29, 1.82) is 0 Å². The van der Waals surface area contributed by atoms with Gasteiger partial charge in [0.1, 0.15) is 24.4 Å². The Hall–Kier alpha value is -3.71. The number of hydrogen-bond donors (Lipinski definition) is 4. The number of nitrogens with one attached hydrogen (secondary N) is 1. The average Bonchev–Trinajstić information content (AvgIpc) is 3.69. The van der Waals surface area contributed by atoms with E-state index in [1.165, 1.54) is 20.4 Å². The molecular weight excluding hydrogens is 477 g/mol. The van der Waals surface area contributed by atoms with Crippen LogP contribution in [0.1, 0.15) is 35.7 Å². The smallest absolute Gasteiger partial charge is 0.341 e. The van der Waals surface area contributed by atoms with Gasteiger partial charge in [-0.05, 0) is 18.9 Å². The number of methoxy groups -OCH3 is 1. The van der Waals surface area contributed by atoms with Gasteiger partial charge in [0.25, 0.3) is 0 Å². The topological polar surface area (TPSA) is 169 Å². The Labute approximate surface area is 205 Å². The summed E-state index contributed by atoms with van der Waals surface area (Å²) in [6.07, 6.45) is 3.16. The number of fused-ring (bicyclic) bond motifs is 1. The number of nitrogens with two attached hydrogens (primary N) is 1. The van der Waals surface area contributed by atoms with Crippen LogP contribution >= 0.6 is 0 Å². The molecule has 12 nitrogen and oxygen atoms in total. The number of pyridine rings is 1. The molecule has 1 saturated carbocycles. The number of carboxylic acid groups (broad SMARTS) is 1. The van der Waals surface area contributed by atoms with E-state index in [4.69, 9.17) is 15.3 Å². The number of aliphatic hydroxyl groups is 1. The first kappa shape index (κ1) is 25.4. The molecule has 2 atom stereocenters. The number of carbonyl (C=O) groups excluding carboxylic acids is 1. The maximum Gasteiger partial charge on any atom is 0.341 e. The summed E-state index contributed by atoms with van der Waals surface area (Å²) in [5.41, 5.74) is 5.28. The van der Waals surface area contributed by atoms with Crippen molar-refractivity contribution in [2.45, 2.75) is 37.4 Å². The van der Waals surface area contributed by atoms with Crippen molar-refractivity contribution >= 4 is 34.2 Å². The minimum absolute atomic E-state index is 0.0350. The molecular formula is C23H28FN5O7. The van der Waals surface area contributed by atoms with E-state index in [0.717, 1.165) is 18.9 Å². The van der Waals surface area contributed by atoms with Crippen LogP contribution in [0.4, 0.5) is 10.1 Å². The second-order valence-electron chi connectivity index (χ2n) is 8.76. The van der Waals surface area contributed by atoms with E-state index in [1.807, 2.05) is 0 Å². The lowest BCUT2D eigenvalue weighted by Crippen LogP contribution is -2.57. The summed E-state index contributed by atoms with van der Waals surface area (Å²) in [6, 6.07) is -0.849. The largest absolute Gasteiger partial charge is 0.492 e. The van der Waals surface area contributed by atoms with Crippen molar-refractivity contribution in [2.75, 3.05) is 38.8 Å². The van der Waals surface area contributed by atoms with Gasteiger partial charge in [-0.3, -0.25) is 9.59 Å². The fraction of sp³-hybridized carbons (Fsp3) is 0.478. The lowest BCUT2D eigenvalue weighted by molar-refractivity contribution is -0.123. The highest BCUT2D eigenvalue weighted by Crippen LogP contribution is 2.44. The predicted molar refractivity (Wildman–Crippen MR) is 128 cm³/mol. The third kappa shape index (κ3) is 4.58. The van der Waals surface area contributed by atoms with Crippen LogP contribution in [-0.4, -0.2) is 78.4 Å². The molecule has 2 aliphatic rings. The minimum Gasteiger partial charge on any atom is -0.492 e. The van der Waals surface area contributed by atoms with E-state index in [1.54, 1.807) is 9.47 Å². The molecule has 0 bridgehead atoms. The number of oxime groups is 1. The van der Waals surface area contributed by atoms with Crippen LogP contribution in [0.5, 0.6) is 5.75 Å². The Morgan fingerprint density at radius 3 is 2.67 bits per heavy atom. The molecule has 4 rings (SSSR count). The first-order valence-electron chi connectivity index (χ1n) is 11.4. The number of carbonyl (C=O) groups is 2. The number of piperidine rings is 1. The highest BCUT2D eigenvalue weighted by Gasteiger charge is 2.35.